The third-order valence-electron chi connectivity index (χ3n) is 2.93. The van der Waals surface area contributed by atoms with Crippen LogP contribution in [0.5, 0.6) is 5.75 Å². The summed E-state index contributed by atoms with van der Waals surface area (Å²) < 4.78 is 7.20. The molecular weight excluding hydrogens is 322 g/mol. The number of ether oxygens (including phenoxy) is 1. The van der Waals surface area contributed by atoms with Crippen molar-refractivity contribution in [3.05, 3.63) is 50.6 Å². The molecule has 0 saturated carbocycles. The average Bonchev–Trinajstić information content (AvgIpc) is 2.82. The van der Waals surface area contributed by atoms with Gasteiger partial charge in [-0.3, -0.25) is 0 Å². The van der Waals surface area contributed by atoms with Gasteiger partial charge in [0.05, 0.1) is 0 Å². The Morgan fingerprint density at radius 1 is 1.32 bits per heavy atom. The fraction of sp³-hybridized carbons (Fsp3) is 0.333. The highest BCUT2D eigenvalue weighted by atomic mass is 79.9. The van der Waals surface area contributed by atoms with Crippen molar-refractivity contribution in [2.45, 2.75) is 25.9 Å². The van der Waals surface area contributed by atoms with E-state index in [4.69, 9.17) is 10.5 Å². The quantitative estimate of drug-likeness (QED) is 0.855. The van der Waals surface area contributed by atoms with Crippen LogP contribution in [-0.4, -0.2) is 6.54 Å². The smallest absolute Gasteiger partial charge is 0.145 e. The van der Waals surface area contributed by atoms with E-state index < -0.39 is 0 Å². The van der Waals surface area contributed by atoms with Gasteiger partial charge in [-0.25, -0.2) is 0 Å². The van der Waals surface area contributed by atoms with E-state index in [1.165, 1.54) is 5.56 Å². The summed E-state index contributed by atoms with van der Waals surface area (Å²) in [6.07, 6.45) is -0.0869. The van der Waals surface area contributed by atoms with Crippen LogP contribution in [0, 0.1) is 0 Å². The van der Waals surface area contributed by atoms with Gasteiger partial charge in [-0.1, -0.05) is 32.0 Å². The van der Waals surface area contributed by atoms with Gasteiger partial charge in [0.2, 0.25) is 0 Å². The molecule has 4 heteroatoms. The van der Waals surface area contributed by atoms with Crippen molar-refractivity contribution in [2.75, 3.05) is 6.54 Å². The SMILES string of the molecule is CC(C)c1ccccc1OC(CN)c1cc(Br)cs1. The van der Waals surface area contributed by atoms with Crippen LogP contribution in [0.4, 0.5) is 0 Å². The van der Waals surface area contributed by atoms with Crippen LogP contribution in [0.15, 0.2) is 40.2 Å². The molecule has 0 aliphatic heterocycles. The fourth-order valence-electron chi connectivity index (χ4n) is 1.94. The molecule has 0 aliphatic carbocycles. The maximum atomic E-state index is 6.12. The molecule has 1 atom stereocenters. The molecule has 0 aliphatic rings. The molecule has 102 valence electrons. The number of nitrogens with two attached hydrogens (primary N) is 1. The first-order chi connectivity index (χ1) is 9.11. The molecule has 0 radical (unpaired) electrons. The van der Waals surface area contributed by atoms with Gasteiger partial charge in [0.15, 0.2) is 0 Å². The first-order valence-electron chi connectivity index (χ1n) is 6.31. The maximum Gasteiger partial charge on any atom is 0.145 e. The third kappa shape index (κ3) is 3.59. The topological polar surface area (TPSA) is 35.2 Å². The lowest BCUT2D eigenvalue weighted by Crippen LogP contribution is -2.18. The zero-order chi connectivity index (χ0) is 13.8. The van der Waals surface area contributed by atoms with Gasteiger partial charge in [-0.15, -0.1) is 11.3 Å². The molecule has 1 heterocycles. The molecule has 2 N–H and O–H groups in total. The number of hydrogen-bond donors (Lipinski definition) is 1. The Hall–Kier alpha value is -0.840. The first-order valence-corrected chi connectivity index (χ1v) is 7.98. The molecule has 1 unspecified atom stereocenters. The summed E-state index contributed by atoms with van der Waals surface area (Å²) >= 11 is 5.13. The van der Waals surface area contributed by atoms with Crippen LogP contribution in [0.25, 0.3) is 0 Å². The fourth-order valence-corrected chi connectivity index (χ4v) is 3.42. The Kier molecular flexibility index (Phi) is 5.02. The van der Waals surface area contributed by atoms with Gasteiger partial charge in [0, 0.05) is 21.3 Å². The molecule has 0 bridgehead atoms. The Labute approximate surface area is 126 Å². The van der Waals surface area contributed by atoms with E-state index in [-0.39, 0.29) is 6.10 Å². The largest absolute Gasteiger partial charge is 0.483 e. The molecule has 0 saturated heterocycles. The van der Waals surface area contributed by atoms with Crippen LogP contribution in [0.2, 0.25) is 0 Å². The number of halogens is 1. The molecule has 2 nitrogen and oxygen atoms in total. The normalized spacial score (nSPS) is 12.7. The minimum Gasteiger partial charge on any atom is -0.483 e. The van der Waals surface area contributed by atoms with Crippen molar-refractivity contribution < 1.29 is 4.74 Å². The summed E-state index contributed by atoms with van der Waals surface area (Å²) in [5.41, 5.74) is 7.07. The van der Waals surface area contributed by atoms with Crippen molar-refractivity contribution in [3.63, 3.8) is 0 Å². The summed E-state index contributed by atoms with van der Waals surface area (Å²) in [6, 6.07) is 10.2. The molecule has 1 aromatic carbocycles. The molecule has 19 heavy (non-hydrogen) atoms. The van der Waals surface area contributed by atoms with Gasteiger partial charge in [0.1, 0.15) is 11.9 Å². The monoisotopic (exact) mass is 339 g/mol. The molecule has 0 fully saturated rings. The molecule has 0 spiro atoms. The van der Waals surface area contributed by atoms with Crippen LogP contribution < -0.4 is 10.5 Å². The van der Waals surface area contributed by atoms with Gasteiger partial charge in [-0.05, 0) is 39.5 Å². The summed E-state index contributed by atoms with van der Waals surface area (Å²) in [7, 11) is 0. The molecule has 2 rings (SSSR count). The van der Waals surface area contributed by atoms with E-state index in [0.717, 1.165) is 15.1 Å². The summed E-state index contributed by atoms with van der Waals surface area (Å²) in [4.78, 5) is 1.15. The first kappa shape index (κ1) is 14.6. The van der Waals surface area contributed by atoms with Gasteiger partial charge < -0.3 is 10.5 Å². The van der Waals surface area contributed by atoms with Crippen molar-refractivity contribution in [1.82, 2.24) is 0 Å². The highest BCUT2D eigenvalue weighted by Gasteiger charge is 2.16. The Balaban J connectivity index is 2.23. The highest BCUT2D eigenvalue weighted by Crippen LogP contribution is 2.32. The Morgan fingerprint density at radius 3 is 2.63 bits per heavy atom. The molecular formula is C15H18BrNOS. The zero-order valence-corrected chi connectivity index (χ0v) is 13.5. The number of hydrogen-bond acceptors (Lipinski definition) is 3. The van der Waals surface area contributed by atoms with Crippen molar-refractivity contribution in [3.8, 4) is 5.75 Å². The van der Waals surface area contributed by atoms with Crippen molar-refractivity contribution in [2.24, 2.45) is 5.73 Å². The lowest BCUT2D eigenvalue weighted by Gasteiger charge is -2.20. The van der Waals surface area contributed by atoms with E-state index in [1.54, 1.807) is 11.3 Å². The van der Waals surface area contributed by atoms with E-state index in [2.05, 4.69) is 47.3 Å². The van der Waals surface area contributed by atoms with E-state index in [1.807, 2.05) is 18.2 Å². The van der Waals surface area contributed by atoms with Crippen LogP contribution >= 0.6 is 27.3 Å². The highest BCUT2D eigenvalue weighted by molar-refractivity contribution is 9.10. The van der Waals surface area contributed by atoms with E-state index in [0.29, 0.717) is 12.5 Å². The van der Waals surface area contributed by atoms with Crippen LogP contribution in [0.1, 0.15) is 36.3 Å². The third-order valence-corrected chi connectivity index (χ3v) is 4.71. The van der Waals surface area contributed by atoms with Crippen LogP contribution in [0.3, 0.4) is 0 Å². The van der Waals surface area contributed by atoms with Crippen molar-refractivity contribution in [1.29, 1.82) is 0 Å². The molecule has 1 aromatic heterocycles. The Bertz CT molecular complexity index is 538. The minimum absolute atomic E-state index is 0.0869. The maximum absolute atomic E-state index is 6.12. The standard InChI is InChI=1S/C15H18BrNOS/c1-10(2)12-5-3-4-6-13(12)18-14(8-17)15-7-11(16)9-19-15/h3-7,9-10,14H,8,17H2,1-2H3. The summed E-state index contributed by atoms with van der Waals surface area (Å²) in [5.74, 6) is 1.36. The number of rotatable bonds is 5. The van der Waals surface area contributed by atoms with Gasteiger partial charge in [0.25, 0.3) is 0 Å². The lowest BCUT2D eigenvalue weighted by atomic mass is 10.0. The Morgan fingerprint density at radius 2 is 2.05 bits per heavy atom. The van der Waals surface area contributed by atoms with Crippen LogP contribution in [-0.2, 0) is 0 Å². The van der Waals surface area contributed by atoms with Crippen molar-refractivity contribution >= 4 is 27.3 Å². The average molecular weight is 340 g/mol. The number of para-hydroxylation sites is 1. The molecule has 2 aromatic rings. The number of thiophene rings is 1. The predicted molar refractivity (Wildman–Crippen MR) is 85.0 cm³/mol. The second kappa shape index (κ2) is 6.55. The number of benzene rings is 1. The van der Waals surface area contributed by atoms with Gasteiger partial charge >= 0.3 is 0 Å². The van der Waals surface area contributed by atoms with Gasteiger partial charge in [-0.2, -0.15) is 0 Å². The van der Waals surface area contributed by atoms with E-state index >= 15 is 0 Å². The second-order valence-corrected chi connectivity index (χ2v) is 6.56. The minimum atomic E-state index is -0.0869. The summed E-state index contributed by atoms with van der Waals surface area (Å²) in [5, 5.41) is 2.05. The zero-order valence-electron chi connectivity index (χ0n) is 11.1. The molecule has 0 amide bonds. The predicted octanol–water partition coefficient (Wildman–Crippen LogP) is 4.71. The second-order valence-electron chi connectivity index (χ2n) is 4.70. The van der Waals surface area contributed by atoms with E-state index in [9.17, 15) is 0 Å². The lowest BCUT2D eigenvalue weighted by molar-refractivity contribution is 0.215. The summed E-state index contributed by atoms with van der Waals surface area (Å²) in [6.45, 7) is 4.81.